The lowest BCUT2D eigenvalue weighted by molar-refractivity contribution is -0.276. The molecule has 0 amide bonds. The van der Waals surface area contributed by atoms with Gasteiger partial charge in [-0.2, -0.15) is 0 Å². The largest absolute Gasteiger partial charge is 0.399 e. The maximum Gasteiger partial charge on any atom is 0.185 e. The van der Waals surface area contributed by atoms with Crippen molar-refractivity contribution >= 4 is 5.69 Å². The third kappa shape index (κ3) is 5.66. The van der Waals surface area contributed by atoms with Gasteiger partial charge in [0.2, 0.25) is 0 Å². The second-order valence-corrected chi connectivity index (χ2v) is 9.06. The van der Waals surface area contributed by atoms with Gasteiger partial charge in [0.1, 0.15) is 0 Å². The van der Waals surface area contributed by atoms with Gasteiger partial charge in [-0.25, -0.2) is 0 Å². The maximum absolute atomic E-state index is 9.41. The molecular weight excluding hydrogens is 388 g/mol. The van der Waals surface area contributed by atoms with E-state index in [1.165, 1.54) is 32.1 Å². The van der Waals surface area contributed by atoms with Gasteiger partial charge in [-0.3, -0.25) is 0 Å². The van der Waals surface area contributed by atoms with E-state index in [2.05, 4.69) is 24.0 Å². The Morgan fingerprint density at radius 3 is 2.32 bits per heavy atom. The third-order valence-corrected chi connectivity index (χ3v) is 6.69. The molecule has 2 heterocycles. The number of likely N-dealkylation sites (tertiary alicyclic amines) is 1. The van der Waals surface area contributed by atoms with Crippen LogP contribution in [0.5, 0.6) is 0 Å². The summed E-state index contributed by atoms with van der Waals surface area (Å²) < 4.78 is 13.1. The normalized spacial score (nSPS) is 28.1. The summed E-state index contributed by atoms with van der Waals surface area (Å²) in [4.78, 5) is 2.58. The van der Waals surface area contributed by atoms with Gasteiger partial charge in [-0.15, -0.1) is 0 Å². The lowest BCUT2D eigenvalue weighted by atomic mass is 9.89. The molecule has 0 aromatic heterocycles. The van der Waals surface area contributed by atoms with Gasteiger partial charge in [0.15, 0.2) is 6.29 Å². The van der Waals surface area contributed by atoms with Crippen molar-refractivity contribution in [2.24, 2.45) is 5.92 Å². The molecule has 4 unspecified atom stereocenters. The van der Waals surface area contributed by atoms with Crippen molar-refractivity contribution in [3.05, 3.63) is 65.2 Å². The predicted octanol–water partition coefficient (Wildman–Crippen LogP) is 4.82. The number of hydrogen-bond acceptors (Lipinski definition) is 5. The number of ether oxygens (including phenoxy) is 2. The van der Waals surface area contributed by atoms with E-state index in [4.69, 9.17) is 15.2 Å². The molecule has 2 aliphatic heterocycles. The fourth-order valence-electron chi connectivity index (χ4n) is 4.78. The molecule has 31 heavy (non-hydrogen) atoms. The molecule has 4 atom stereocenters. The number of benzene rings is 2. The third-order valence-electron chi connectivity index (χ3n) is 6.69. The van der Waals surface area contributed by atoms with Crippen molar-refractivity contribution in [1.82, 2.24) is 4.90 Å². The Balaban J connectivity index is 1.57. The molecular formula is C26H36N2O3. The molecule has 5 heteroatoms. The summed E-state index contributed by atoms with van der Waals surface area (Å²) in [6.07, 6.45) is 6.10. The van der Waals surface area contributed by atoms with E-state index in [1.807, 2.05) is 36.4 Å². The number of hydrogen-bond donors (Lipinski definition) is 2. The molecule has 3 N–H and O–H groups in total. The highest BCUT2D eigenvalue weighted by atomic mass is 16.7. The van der Waals surface area contributed by atoms with E-state index in [0.717, 1.165) is 36.3 Å². The molecule has 0 saturated carbocycles. The summed E-state index contributed by atoms with van der Waals surface area (Å²) in [5.41, 5.74) is 9.75. The van der Waals surface area contributed by atoms with Crippen LogP contribution in [0.3, 0.4) is 0 Å². The fourth-order valence-corrected chi connectivity index (χ4v) is 4.78. The zero-order valence-electron chi connectivity index (χ0n) is 18.6. The Morgan fingerprint density at radius 2 is 1.65 bits per heavy atom. The number of anilines is 1. The molecule has 2 fully saturated rings. The average Bonchev–Trinajstić information content (AvgIpc) is 2.77. The molecule has 0 bridgehead atoms. The first-order valence-electron chi connectivity index (χ1n) is 11.7. The standard InChI is InChI=1S/C26H36N2O3/c1-19-24(17-28-14-5-3-2-4-6-15-28)30-26(22-8-7-9-23(27)16-22)31-25(19)21-12-10-20(18-29)11-13-21/h7-13,16,19,24-26,29H,2-6,14-15,17-18,27H2,1H3. The molecule has 168 valence electrons. The fraction of sp³-hybridized carbons (Fsp3) is 0.538. The van der Waals surface area contributed by atoms with Gasteiger partial charge in [-0.05, 0) is 49.2 Å². The van der Waals surface area contributed by atoms with E-state index < -0.39 is 6.29 Å². The number of aliphatic hydroxyl groups excluding tert-OH is 1. The molecule has 0 aliphatic carbocycles. The zero-order valence-corrected chi connectivity index (χ0v) is 18.6. The SMILES string of the molecule is CC1C(CN2CCCCCCC2)OC(c2cccc(N)c2)OC1c1ccc(CO)cc1. The topological polar surface area (TPSA) is 68.0 Å². The van der Waals surface area contributed by atoms with Gasteiger partial charge < -0.3 is 25.2 Å². The monoisotopic (exact) mass is 424 g/mol. The Bertz CT molecular complexity index is 818. The van der Waals surface area contributed by atoms with E-state index in [1.54, 1.807) is 0 Å². The first-order chi connectivity index (χ1) is 15.1. The van der Waals surface area contributed by atoms with E-state index in [0.29, 0.717) is 5.69 Å². The van der Waals surface area contributed by atoms with E-state index >= 15 is 0 Å². The minimum Gasteiger partial charge on any atom is -0.399 e. The van der Waals surface area contributed by atoms with Crippen LogP contribution in [0.25, 0.3) is 0 Å². The molecule has 0 radical (unpaired) electrons. The lowest BCUT2D eigenvalue weighted by Crippen LogP contribution is -2.45. The average molecular weight is 425 g/mol. The molecule has 5 nitrogen and oxygen atoms in total. The molecule has 2 aliphatic rings. The summed E-state index contributed by atoms with van der Waals surface area (Å²) in [7, 11) is 0. The predicted molar refractivity (Wildman–Crippen MR) is 123 cm³/mol. The molecule has 2 aromatic carbocycles. The van der Waals surface area contributed by atoms with Gasteiger partial charge in [-0.1, -0.05) is 62.6 Å². The Kier molecular flexibility index (Phi) is 7.62. The van der Waals surface area contributed by atoms with Gasteiger partial charge in [0, 0.05) is 23.7 Å². The first kappa shape index (κ1) is 22.3. The molecule has 2 aromatic rings. The summed E-state index contributed by atoms with van der Waals surface area (Å²) >= 11 is 0. The van der Waals surface area contributed by atoms with Gasteiger partial charge in [0.25, 0.3) is 0 Å². The Hall–Kier alpha value is -1.92. The first-order valence-corrected chi connectivity index (χ1v) is 11.7. The number of rotatable bonds is 5. The summed E-state index contributed by atoms with van der Waals surface area (Å²) in [6, 6.07) is 15.9. The van der Waals surface area contributed by atoms with Crippen LogP contribution < -0.4 is 5.73 Å². The highest BCUT2D eigenvalue weighted by Crippen LogP contribution is 2.42. The second kappa shape index (κ2) is 10.6. The van der Waals surface area contributed by atoms with E-state index in [-0.39, 0.29) is 24.7 Å². The van der Waals surface area contributed by atoms with Crippen molar-refractivity contribution < 1.29 is 14.6 Å². The van der Waals surface area contributed by atoms with Crippen LogP contribution in [0.2, 0.25) is 0 Å². The highest BCUT2D eigenvalue weighted by molar-refractivity contribution is 5.41. The van der Waals surface area contributed by atoms with Crippen LogP contribution in [0.4, 0.5) is 5.69 Å². The van der Waals surface area contributed by atoms with Crippen LogP contribution in [-0.4, -0.2) is 35.7 Å². The van der Waals surface area contributed by atoms with Gasteiger partial charge >= 0.3 is 0 Å². The van der Waals surface area contributed by atoms with Crippen LogP contribution in [0.15, 0.2) is 48.5 Å². The lowest BCUT2D eigenvalue weighted by Gasteiger charge is -2.43. The van der Waals surface area contributed by atoms with Crippen LogP contribution in [0.1, 0.15) is 68.1 Å². The van der Waals surface area contributed by atoms with Gasteiger partial charge in [0.05, 0.1) is 18.8 Å². The highest BCUT2D eigenvalue weighted by Gasteiger charge is 2.39. The van der Waals surface area contributed by atoms with E-state index in [9.17, 15) is 5.11 Å². The Morgan fingerprint density at radius 1 is 0.935 bits per heavy atom. The Labute approximate surface area is 186 Å². The minimum absolute atomic E-state index is 0.0496. The second-order valence-electron chi connectivity index (χ2n) is 9.06. The minimum atomic E-state index is -0.443. The number of nitrogens with zero attached hydrogens (tertiary/aromatic N) is 1. The number of nitrogens with two attached hydrogens (primary N) is 1. The number of aliphatic hydroxyl groups is 1. The summed E-state index contributed by atoms with van der Waals surface area (Å²) in [5, 5.41) is 9.41. The van der Waals surface area contributed by atoms with Crippen LogP contribution in [-0.2, 0) is 16.1 Å². The smallest absolute Gasteiger partial charge is 0.185 e. The van der Waals surface area contributed by atoms with Crippen molar-refractivity contribution in [2.75, 3.05) is 25.4 Å². The van der Waals surface area contributed by atoms with Crippen molar-refractivity contribution in [3.8, 4) is 0 Å². The summed E-state index contributed by atoms with van der Waals surface area (Å²) in [6.45, 7) is 5.50. The van der Waals surface area contributed by atoms with Crippen LogP contribution in [0, 0.1) is 5.92 Å². The van der Waals surface area contributed by atoms with Crippen molar-refractivity contribution in [3.63, 3.8) is 0 Å². The van der Waals surface area contributed by atoms with Crippen molar-refractivity contribution in [2.45, 2.75) is 64.1 Å². The van der Waals surface area contributed by atoms with Crippen LogP contribution >= 0.6 is 0 Å². The quantitative estimate of drug-likeness (QED) is 0.674. The summed E-state index contributed by atoms with van der Waals surface area (Å²) in [5.74, 6) is 0.211. The molecule has 0 spiro atoms. The van der Waals surface area contributed by atoms with Crippen molar-refractivity contribution in [1.29, 1.82) is 0 Å². The molecule has 4 rings (SSSR count). The molecule has 2 saturated heterocycles. The zero-order chi connectivity index (χ0) is 21.6. The number of nitrogen functional groups attached to an aromatic ring is 1. The maximum atomic E-state index is 9.41.